The zero-order valence-corrected chi connectivity index (χ0v) is 18.0. The first kappa shape index (κ1) is 21.8. The van der Waals surface area contributed by atoms with Gasteiger partial charge in [0.1, 0.15) is 0 Å². The van der Waals surface area contributed by atoms with Crippen molar-refractivity contribution >= 4 is 27.3 Å². The van der Waals surface area contributed by atoms with E-state index in [9.17, 15) is 18.0 Å². The minimum absolute atomic E-state index is 0.00238. The molecule has 29 heavy (non-hydrogen) atoms. The molecule has 6 nitrogen and oxygen atoms in total. The maximum atomic E-state index is 12.7. The highest BCUT2D eigenvalue weighted by atomic mass is 32.2. The summed E-state index contributed by atoms with van der Waals surface area (Å²) in [5.74, 6) is -0.422. The first-order valence-electron chi connectivity index (χ1n) is 10.8. The van der Waals surface area contributed by atoms with Crippen LogP contribution in [0.3, 0.4) is 0 Å². The summed E-state index contributed by atoms with van der Waals surface area (Å²) < 4.78 is 24.6. The summed E-state index contributed by atoms with van der Waals surface area (Å²) in [7, 11) is -1.34. The van der Waals surface area contributed by atoms with Crippen molar-refractivity contribution in [2.75, 3.05) is 18.1 Å². The number of rotatable bonds is 7. The third-order valence-electron chi connectivity index (χ3n) is 6.28. The normalized spacial score (nSPS) is 18.5. The molecule has 1 aromatic rings. The van der Waals surface area contributed by atoms with Crippen LogP contribution in [-0.2, 0) is 14.6 Å². The van der Waals surface area contributed by atoms with Crippen molar-refractivity contribution in [2.24, 2.45) is 0 Å². The summed E-state index contributed by atoms with van der Waals surface area (Å²) in [5.41, 5.74) is 1.17. The zero-order valence-electron chi connectivity index (χ0n) is 17.2. The summed E-state index contributed by atoms with van der Waals surface area (Å²) in [6, 6.07) is 7.13. The molecule has 0 saturated heterocycles. The predicted octanol–water partition coefficient (Wildman–Crippen LogP) is 3.78. The summed E-state index contributed by atoms with van der Waals surface area (Å²) >= 11 is 0. The SMILES string of the molecule is CN(C(=O)c1ccc(NC(=O)CCS(=O)(=O)C2CCCC2)cc1)C1CCCCC1. The average molecular weight is 421 g/mol. The molecule has 0 heterocycles. The van der Waals surface area contributed by atoms with Crippen molar-refractivity contribution < 1.29 is 18.0 Å². The molecule has 1 N–H and O–H groups in total. The quantitative estimate of drug-likeness (QED) is 0.728. The lowest BCUT2D eigenvalue weighted by Gasteiger charge is -2.31. The lowest BCUT2D eigenvalue weighted by molar-refractivity contribution is -0.115. The topological polar surface area (TPSA) is 83.6 Å². The summed E-state index contributed by atoms with van der Waals surface area (Å²) in [6.45, 7) is 0. The van der Waals surface area contributed by atoms with E-state index < -0.39 is 9.84 Å². The molecule has 160 valence electrons. The van der Waals surface area contributed by atoms with E-state index in [0.29, 0.717) is 17.3 Å². The maximum Gasteiger partial charge on any atom is 0.253 e. The number of carbonyl (C=O) groups is 2. The van der Waals surface area contributed by atoms with Gasteiger partial charge in [-0.3, -0.25) is 9.59 Å². The van der Waals surface area contributed by atoms with Crippen LogP contribution in [0.1, 0.15) is 74.6 Å². The number of nitrogens with one attached hydrogen (secondary N) is 1. The van der Waals surface area contributed by atoms with Crippen LogP contribution in [0.2, 0.25) is 0 Å². The van der Waals surface area contributed by atoms with E-state index in [-0.39, 0.29) is 29.2 Å². The van der Waals surface area contributed by atoms with Crippen molar-refractivity contribution in [3.63, 3.8) is 0 Å². The molecule has 0 radical (unpaired) electrons. The molecule has 0 atom stereocenters. The molecule has 0 aromatic heterocycles. The van der Waals surface area contributed by atoms with Crippen molar-refractivity contribution in [3.05, 3.63) is 29.8 Å². The third-order valence-corrected chi connectivity index (χ3v) is 8.54. The fourth-order valence-corrected chi connectivity index (χ4v) is 6.26. The van der Waals surface area contributed by atoms with E-state index >= 15 is 0 Å². The highest BCUT2D eigenvalue weighted by Crippen LogP contribution is 2.26. The van der Waals surface area contributed by atoms with E-state index in [0.717, 1.165) is 38.5 Å². The second-order valence-corrected chi connectivity index (χ2v) is 10.8. The number of sulfone groups is 1. The van der Waals surface area contributed by atoms with Gasteiger partial charge in [-0.25, -0.2) is 8.42 Å². The van der Waals surface area contributed by atoms with E-state index in [2.05, 4.69) is 5.32 Å². The Morgan fingerprint density at radius 1 is 0.966 bits per heavy atom. The average Bonchev–Trinajstić information content (AvgIpc) is 3.28. The molecule has 7 heteroatoms. The fourth-order valence-electron chi connectivity index (χ4n) is 4.41. The van der Waals surface area contributed by atoms with Gasteiger partial charge >= 0.3 is 0 Å². The standard InChI is InChI=1S/C22H32N2O4S/c1-24(19-7-3-2-4-8-19)22(26)17-11-13-18(14-12-17)23-21(25)15-16-29(27,28)20-9-5-6-10-20/h11-14,19-20H,2-10,15-16H2,1H3,(H,23,25). The van der Waals surface area contributed by atoms with Gasteiger partial charge in [-0.05, 0) is 49.9 Å². The number of carbonyl (C=O) groups excluding carboxylic acids is 2. The molecule has 2 amide bonds. The number of amides is 2. The Morgan fingerprint density at radius 3 is 2.17 bits per heavy atom. The Morgan fingerprint density at radius 2 is 1.55 bits per heavy atom. The zero-order chi connectivity index (χ0) is 20.9. The second kappa shape index (κ2) is 9.74. The summed E-state index contributed by atoms with van der Waals surface area (Å²) in [6.07, 6.45) is 9.00. The summed E-state index contributed by atoms with van der Waals surface area (Å²) in [5, 5.41) is 2.46. The fraction of sp³-hybridized carbons (Fsp3) is 0.636. The lowest BCUT2D eigenvalue weighted by Crippen LogP contribution is -2.38. The van der Waals surface area contributed by atoms with E-state index in [4.69, 9.17) is 0 Å². The van der Waals surface area contributed by atoms with Gasteiger partial charge in [-0.2, -0.15) is 0 Å². The first-order valence-corrected chi connectivity index (χ1v) is 12.5. The molecule has 2 aliphatic carbocycles. The van der Waals surface area contributed by atoms with Gasteiger partial charge in [0.05, 0.1) is 11.0 Å². The smallest absolute Gasteiger partial charge is 0.253 e. The van der Waals surface area contributed by atoms with Gasteiger partial charge in [0, 0.05) is 30.8 Å². The third kappa shape index (κ3) is 5.81. The number of benzene rings is 1. The van der Waals surface area contributed by atoms with Crippen LogP contribution < -0.4 is 5.32 Å². The van der Waals surface area contributed by atoms with Gasteiger partial charge in [-0.1, -0.05) is 32.1 Å². The minimum Gasteiger partial charge on any atom is -0.339 e. The molecular formula is C22H32N2O4S. The molecule has 0 aliphatic heterocycles. The van der Waals surface area contributed by atoms with Crippen LogP contribution in [0.15, 0.2) is 24.3 Å². The Kier molecular flexibility index (Phi) is 7.33. The molecule has 2 aliphatic rings. The van der Waals surface area contributed by atoms with Crippen LogP contribution in [0.5, 0.6) is 0 Å². The second-order valence-electron chi connectivity index (χ2n) is 8.36. The Hall–Kier alpha value is -1.89. The van der Waals surface area contributed by atoms with Crippen molar-refractivity contribution in [2.45, 2.75) is 75.5 Å². The molecule has 0 bridgehead atoms. The van der Waals surface area contributed by atoms with Gasteiger partial charge in [0.25, 0.3) is 5.91 Å². The monoisotopic (exact) mass is 420 g/mol. The molecule has 2 fully saturated rings. The number of nitrogens with zero attached hydrogens (tertiary/aromatic N) is 1. The number of hydrogen-bond acceptors (Lipinski definition) is 4. The summed E-state index contributed by atoms with van der Waals surface area (Å²) in [4.78, 5) is 26.7. The first-order chi connectivity index (χ1) is 13.9. The Balaban J connectivity index is 1.50. The van der Waals surface area contributed by atoms with Crippen LogP contribution in [0.4, 0.5) is 5.69 Å². The van der Waals surface area contributed by atoms with Crippen LogP contribution >= 0.6 is 0 Å². The van der Waals surface area contributed by atoms with Crippen LogP contribution in [-0.4, -0.2) is 49.2 Å². The van der Waals surface area contributed by atoms with E-state index in [1.807, 2.05) is 11.9 Å². The lowest BCUT2D eigenvalue weighted by atomic mass is 9.94. The maximum absolute atomic E-state index is 12.7. The molecular weight excluding hydrogens is 388 g/mol. The van der Waals surface area contributed by atoms with Crippen LogP contribution in [0.25, 0.3) is 0 Å². The molecule has 2 saturated carbocycles. The van der Waals surface area contributed by atoms with E-state index in [1.165, 1.54) is 19.3 Å². The van der Waals surface area contributed by atoms with Gasteiger partial charge in [-0.15, -0.1) is 0 Å². The molecule has 3 rings (SSSR count). The Labute approximate surface area is 174 Å². The number of anilines is 1. The van der Waals surface area contributed by atoms with Crippen molar-refractivity contribution in [3.8, 4) is 0 Å². The van der Waals surface area contributed by atoms with Gasteiger partial charge in [0.15, 0.2) is 9.84 Å². The molecule has 0 unspecified atom stereocenters. The van der Waals surface area contributed by atoms with Crippen molar-refractivity contribution in [1.82, 2.24) is 4.90 Å². The molecule has 0 spiro atoms. The van der Waals surface area contributed by atoms with Gasteiger partial charge in [0.2, 0.25) is 5.91 Å². The highest BCUT2D eigenvalue weighted by Gasteiger charge is 2.29. The Bertz CT molecular complexity index is 808. The molecule has 1 aromatic carbocycles. The minimum atomic E-state index is -3.20. The predicted molar refractivity (Wildman–Crippen MR) is 115 cm³/mol. The van der Waals surface area contributed by atoms with E-state index in [1.54, 1.807) is 24.3 Å². The largest absolute Gasteiger partial charge is 0.339 e. The number of hydrogen-bond donors (Lipinski definition) is 1. The highest BCUT2D eigenvalue weighted by molar-refractivity contribution is 7.92. The van der Waals surface area contributed by atoms with Crippen molar-refractivity contribution in [1.29, 1.82) is 0 Å². The van der Waals surface area contributed by atoms with Gasteiger partial charge < -0.3 is 10.2 Å². The van der Waals surface area contributed by atoms with Crippen LogP contribution in [0, 0.1) is 0 Å².